The molecule has 0 spiro atoms. The van der Waals surface area contributed by atoms with Gasteiger partial charge in [0.25, 0.3) is 5.91 Å². The molecule has 124 valence electrons. The van der Waals surface area contributed by atoms with Crippen LogP contribution in [0.4, 0.5) is 0 Å². The molecule has 2 atom stereocenters. The van der Waals surface area contributed by atoms with Crippen molar-refractivity contribution in [2.75, 3.05) is 5.75 Å². The fraction of sp³-hybridized carbons (Fsp3) is 0.235. The Morgan fingerprint density at radius 1 is 1.38 bits per heavy atom. The molecule has 3 rings (SSSR count). The summed E-state index contributed by atoms with van der Waals surface area (Å²) >= 11 is 1.42. The Hall–Kier alpha value is -2.54. The smallest absolute Gasteiger partial charge is 0.352 e. The first-order valence-electron chi connectivity index (χ1n) is 7.39. The lowest BCUT2D eigenvalue weighted by Gasteiger charge is -2.49. The molecule has 2 heterocycles. The second-order valence-corrected chi connectivity index (χ2v) is 6.61. The molecule has 1 fully saturated rings. The lowest BCUT2D eigenvalue weighted by Crippen LogP contribution is -2.70. The molecule has 0 aromatic heterocycles. The summed E-state index contributed by atoms with van der Waals surface area (Å²) in [6.45, 7) is 3.60. The van der Waals surface area contributed by atoms with E-state index in [4.69, 9.17) is 0 Å². The number of carboxylic acids is 1. The van der Waals surface area contributed by atoms with Crippen LogP contribution >= 0.6 is 11.8 Å². The molecule has 0 bridgehead atoms. The van der Waals surface area contributed by atoms with Crippen molar-refractivity contribution in [3.8, 4) is 0 Å². The van der Waals surface area contributed by atoms with Crippen LogP contribution in [0.1, 0.15) is 5.56 Å². The monoisotopic (exact) mass is 344 g/mol. The van der Waals surface area contributed by atoms with E-state index < -0.39 is 17.9 Å². The van der Waals surface area contributed by atoms with Gasteiger partial charge >= 0.3 is 5.97 Å². The van der Waals surface area contributed by atoms with Gasteiger partial charge in [-0.25, -0.2) is 4.79 Å². The normalized spacial score (nSPS) is 22.5. The Bertz CT molecular complexity index is 744. The van der Waals surface area contributed by atoms with Crippen molar-refractivity contribution in [3.05, 3.63) is 59.8 Å². The topological polar surface area (TPSA) is 86.7 Å². The van der Waals surface area contributed by atoms with Crippen LogP contribution < -0.4 is 5.32 Å². The van der Waals surface area contributed by atoms with Gasteiger partial charge in [-0.1, -0.05) is 43.0 Å². The lowest BCUT2D eigenvalue weighted by atomic mass is 10.0. The number of carbonyl (C=O) groups excluding carboxylic acids is 2. The summed E-state index contributed by atoms with van der Waals surface area (Å²) in [5.41, 5.74) is 1.34. The molecule has 2 N–H and O–H groups in total. The van der Waals surface area contributed by atoms with Crippen molar-refractivity contribution >= 4 is 29.5 Å². The highest BCUT2D eigenvalue weighted by Crippen LogP contribution is 2.40. The van der Waals surface area contributed by atoms with Crippen molar-refractivity contribution < 1.29 is 19.5 Å². The Kier molecular flexibility index (Phi) is 4.44. The molecule has 1 unspecified atom stereocenters. The minimum Gasteiger partial charge on any atom is -0.477 e. The third-order valence-corrected chi connectivity index (χ3v) is 5.27. The maximum atomic E-state index is 12.3. The van der Waals surface area contributed by atoms with Gasteiger partial charge in [0.1, 0.15) is 17.1 Å². The van der Waals surface area contributed by atoms with Crippen LogP contribution in [0.5, 0.6) is 0 Å². The number of allylic oxidation sites excluding steroid dienone is 1. The van der Waals surface area contributed by atoms with Crippen LogP contribution in [0.25, 0.3) is 0 Å². The standard InChI is InChI=1S/C17H16N2O4S/c1-2-11-9-24-16-13(15(21)19(16)14(11)17(22)23)18-12(20)8-10-6-4-3-5-7-10/h2-7,13,16H,1,8-9H2,(H,18,20)(H,22,23)/t13?,16-/m1/s1. The number of hydrogen-bond donors (Lipinski definition) is 2. The van der Waals surface area contributed by atoms with E-state index in [9.17, 15) is 19.5 Å². The number of carboxylic acid groups (broad SMARTS) is 1. The number of thioether (sulfide) groups is 1. The molecule has 6 nitrogen and oxygen atoms in total. The quantitative estimate of drug-likeness (QED) is 0.783. The van der Waals surface area contributed by atoms with Crippen LogP contribution in [0.15, 0.2) is 54.3 Å². The molecule has 0 saturated carbocycles. The molecule has 2 amide bonds. The van der Waals surface area contributed by atoms with Crippen molar-refractivity contribution in [2.45, 2.75) is 17.8 Å². The minimum absolute atomic E-state index is 0.0349. The maximum Gasteiger partial charge on any atom is 0.352 e. The van der Waals surface area contributed by atoms with Gasteiger partial charge in [0.05, 0.1) is 6.42 Å². The van der Waals surface area contributed by atoms with E-state index in [1.165, 1.54) is 22.7 Å². The number of fused-ring (bicyclic) bond motifs is 1. The van der Waals surface area contributed by atoms with Gasteiger partial charge < -0.3 is 10.4 Å². The molecule has 2 aliphatic rings. The van der Waals surface area contributed by atoms with E-state index in [1.54, 1.807) is 0 Å². The first kappa shape index (κ1) is 16.3. The molecular weight excluding hydrogens is 328 g/mol. The summed E-state index contributed by atoms with van der Waals surface area (Å²) in [6, 6.07) is 8.54. The highest BCUT2D eigenvalue weighted by molar-refractivity contribution is 8.00. The minimum atomic E-state index is -1.15. The van der Waals surface area contributed by atoms with Crippen LogP contribution in [-0.4, -0.2) is 45.0 Å². The van der Waals surface area contributed by atoms with Gasteiger partial charge in [-0.3, -0.25) is 14.5 Å². The molecule has 24 heavy (non-hydrogen) atoms. The van der Waals surface area contributed by atoms with E-state index in [2.05, 4.69) is 11.9 Å². The number of hydrogen-bond acceptors (Lipinski definition) is 4. The Morgan fingerprint density at radius 2 is 2.08 bits per heavy atom. The van der Waals surface area contributed by atoms with E-state index in [0.717, 1.165) is 5.56 Å². The van der Waals surface area contributed by atoms with Gasteiger partial charge in [-0.05, 0) is 11.1 Å². The van der Waals surface area contributed by atoms with Gasteiger partial charge in [-0.15, -0.1) is 11.8 Å². The average Bonchev–Trinajstić information content (AvgIpc) is 2.58. The largest absolute Gasteiger partial charge is 0.477 e. The molecule has 0 aliphatic carbocycles. The zero-order chi connectivity index (χ0) is 17.3. The van der Waals surface area contributed by atoms with E-state index >= 15 is 0 Å². The number of carbonyl (C=O) groups is 3. The van der Waals surface area contributed by atoms with Gasteiger partial charge in [0.2, 0.25) is 5.91 Å². The number of nitrogens with zero attached hydrogens (tertiary/aromatic N) is 1. The van der Waals surface area contributed by atoms with E-state index in [0.29, 0.717) is 11.3 Å². The summed E-state index contributed by atoms with van der Waals surface area (Å²) in [7, 11) is 0. The Balaban J connectivity index is 1.70. The fourth-order valence-electron chi connectivity index (χ4n) is 2.81. The molecular formula is C17H16N2O4S. The van der Waals surface area contributed by atoms with Crippen LogP contribution in [-0.2, 0) is 20.8 Å². The SMILES string of the molecule is C=CC1=C(C(=O)O)N2C(=O)C(NC(=O)Cc3ccccc3)[C@H]2SC1. The maximum absolute atomic E-state index is 12.3. The molecule has 1 aromatic rings. The average molecular weight is 344 g/mol. The zero-order valence-corrected chi connectivity index (χ0v) is 13.6. The highest BCUT2D eigenvalue weighted by Gasteiger charge is 2.53. The number of benzene rings is 1. The van der Waals surface area contributed by atoms with Crippen molar-refractivity contribution in [3.63, 3.8) is 0 Å². The number of aliphatic carboxylic acids is 1. The molecule has 7 heteroatoms. The van der Waals surface area contributed by atoms with Crippen molar-refractivity contribution in [2.24, 2.45) is 0 Å². The number of nitrogens with one attached hydrogen (secondary N) is 1. The summed E-state index contributed by atoms with van der Waals surface area (Å²) in [4.78, 5) is 37.1. The van der Waals surface area contributed by atoms with E-state index in [1.807, 2.05) is 30.3 Å². The first-order chi connectivity index (χ1) is 11.5. The Morgan fingerprint density at radius 3 is 2.71 bits per heavy atom. The number of rotatable bonds is 5. The predicted molar refractivity (Wildman–Crippen MR) is 90.0 cm³/mol. The number of amides is 2. The van der Waals surface area contributed by atoms with Gasteiger partial charge in [0.15, 0.2) is 0 Å². The predicted octanol–water partition coefficient (Wildman–Crippen LogP) is 1.15. The van der Waals surface area contributed by atoms with Crippen LogP contribution in [0.3, 0.4) is 0 Å². The van der Waals surface area contributed by atoms with Crippen LogP contribution in [0.2, 0.25) is 0 Å². The van der Waals surface area contributed by atoms with E-state index in [-0.39, 0.29) is 23.4 Å². The van der Waals surface area contributed by atoms with Crippen LogP contribution in [0, 0.1) is 0 Å². The summed E-state index contributed by atoms with van der Waals surface area (Å²) in [5.74, 6) is -1.36. The van der Waals surface area contributed by atoms with Gasteiger partial charge in [-0.2, -0.15) is 0 Å². The molecule has 2 aliphatic heterocycles. The van der Waals surface area contributed by atoms with Crippen molar-refractivity contribution in [1.82, 2.24) is 10.2 Å². The second kappa shape index (κ2) is 6.52. The van der Waals surface area contributed by atoms with Gasteiger partial charge in [0, 0.05) is 5.75 Å². The molecule has 0 radical (unpaired) electrons. The summed E-state index contributed by atoms with van der Waals surface area (Å²) in [6.07, 6.45) is 1.64. The highest BCUT2D eigenvalue weighted by atomic mass is 32.2. The zero-order valence-electron chi connectivity index (χ0n) is 12.8. The third-order valence-electron chi connectivity index (χ3n) is 3.97. The fourth-order valence-corrected chi connectivity index (χ4v) is 4.15. The summed E-state index contributed by atoms with van der Waals surface area (Å²) in [5, 5.41) is 11.7. The molecule has 1 saturated heterocycles. The van der Waals surface area contributed by atoms with Crippen molar-refractivity contribution in [1.29, 1.82) is 0 Å². The molecule has 1 aromatic carbocycles. The summed E-state index contributed by atoms with van der Waals surface area (Å²) < 4.78 is 0. The number of β-lactam (4-membered cyclic amide) rings is 1. The second-order valence-electron chi connectivity index (χ2n) is 5.50. The Labute approximate surface area is 143 Å². The first-order valence-corrected chi connectivity index (χ1v) is 8.44. The lowest BCUT2D eigenvalue weighted by molar-refractivity contribution is -0.150. The third kappa shape index (κ3) is 2.82.